The van der Waals surface area contributed by atoms with E-state index in [2.05, 4.69) is 6.07 Å². The highest BCUT2D eigenvalue weighted by atomic mass is 35.5. The quantitative estimate of drug-likeness (QED) is 0.695. The lowest BCUT2D eigenvalue weighted by molar-refractivity contribution is -0.110. The van der Waals surface area contributed by atoms with Gasteiger partial charge in [-0.25, -0.2) is 0 Å². The molecule has 0 amide bonds. The maximum Gasteiger partial charge on any atom is 0.208 e. The summed E-state index contributed by atoms with van der Waals surface area (Å²) in [6.45, 7) is 4.09. The number of ketones is 1. The molecule has 2 aromatic rings. The summed E-state index contributed by atoms with van der Waals surface area (Å²) in [5.41, 5.74) is 3.42. The molecule has 0 aromatic heterocycles. The van der Waals surface area contributed by atoms with Gasteiger partial charge < -0.3 is 4.74 Å². The number of nitriles is 1. The first-order chi connectivity index (χ1) is 13.6. The van der Waals surface area contributed by atoms with Crippen LogP contribution >= 0.6 is 11.6 Å². The number of carbonyl (C=O) groups is 1. The molecule has 2 aromatic carbocycles. The first kappa shape index (κ1) is 18.3. The van der Waals surface area contributed by atoms with Crippen molar-refractivity contribution in [1.82, 2.24) is 0 Å². The molecule has 3 nitrogen and oxygen atoms in total. The lowest BCUT2D eigenvalue weighted by Crippen LogP contribution is -2.42. The molecule has 0 bridgehead atoms. The molecule has 28 heavy (non-hydrogen) atoms. The van der Waals surface area contributed by atoms with Crippen molar-refractivity contribution in [2.45, 2.75) is 13.8 Å². The van der Waals surface area contributed by atoms with Crippen LogP contribution < -0.4 is 0 Å². The second-order valence-electron chi connectivity index (χ2n) is 6.75. The van der Waals surface area contributed by atoms with E-state index in [1.54, 1.807) is 0 Å². The molecule has 2 aliphatic rings. The highest BCUT2D eigenvalue weighted by Gasteiger charge is 2.59. The summed E-state index contributed by atoms with van der Waals surface area (Å²) < 4.78 is 5.81. The summed E-state index contributed by atoms with van der Waals surface area (Å²) in [4.78, 5) is 13.2. The van der Waals surface area contributed by atoms with E-state index in [-0.39, 0.29) is 16.6 Å². The van der Waals surface area contributed by atoms with Crippen molar-refractivity contribution in [2.75, 3.05) is 6.61 Å². The monoisotopic (exact) mass is 387 g/mol. The zero-order valence-electron chi connectivity index (χ0n) is 15.6. The summed E-state index contributed by atoms with van der Waals surface area (Å²) in [7, 11) is 0. The van der Waals surface area contributed by atoms with Crippen LogP contribution in [-0.2, 0) is 9.53 Å². The van der Waals surface area contributed by atoms with Gasteiger partial charge in [0, 0.05) is 5.57 Å². The summed E-state index contributed by atoms with van der Waals surface area (Å²) in [6, 6.07) is 21.5. The number of allylic oxidation sites excluding steroid dienone is 4. The maximum atomic E-state index is 13.2. The number of hydrogen-bond acceptors (Lipinski definition) is 3. The third-order valence-electron chi connectivity index (χ3n) is 5.30. The van der Waals surface area contributed by atoms with Crippen LogP contribution in [-0.4, -0.2) is 12.4 Å². The summed E-state index contributed by atoms with van der Waals surface area (Å²) in [5, 5.41) is 10.4. The number of hydrogen-bond donors (Lipinski definition) is 0. The highest BCUT2D eigenvalue weighted by molar-refractivity contribution is 6.52. The number of Topliss-reactive ketones (excluding diaryl/α,β-unsaturated/α-hetero) is 1. The van der Waals surface area contributed by atoms with Gasteiger partial charge in [-0.05, 0) is 41.7 Å². The molecule has 0 fully saturated rings. The molecule has 0 aliphatic heterocycles. The zero-order valence-corrected chi connectivity index (χ0v) is 16.4. The Bertz CT molecular complexity index is 1100. The molecule has 0 saturated heterocycles. The van der Waals surface area contributed by atoms with Crippen molar-refractivity contribution in [3.63, 3.8) is 0 Å². The Morgan fingerprint density at radius 2 is 1.57 bits per heavy atom. The smallest absolute Gasteiger partial charge is 0.208 e. The van der Waals surface area contributed by atoms with Crippen LogP contribution in [0.25, 0.3) is 11.1 Å². The number of halogens is 1. The van der Waals surface area contributed by atoms with Gasteiger partial charge in [0.05, 0.1) is 12.7 Å². The third-order valence-corrected chi connectivity index (χ3v) is 5.64. The maximum absolute atomic E-state index is 13.2. The van der Waals surface area contributed by atoms with Crippen molar-refractivity contribution in [3.8, 4) is 6.07 Å². The Hall–Kier alpha value is -3.09. The molecule has 0 heterocycles. The van der Waals surface area contributed by atoms with Crippen LogP contribution in [0, 0.1) is 16.7 Å². The minimum Gasteiger partial charge on any atom is -0.494 e. The van der Waals surface area contributed by atoms with Crippen molar-refractivity contribution < 1.29 is 9.53 Å². The van der Waals surface area contributed by atoms with E-state index in [1.807, 2.05) is 74.5 Å². The molecular formula is C24H18ClNO2. The van der Waals surface area contributed by atoms with Crippen LogP contribution in [0.3, 0.4) is 0 Å². The number of nitrogens with zero attached hydrogens (tertiary/aromatic N) is 1. The fraction of sp³-hybridized carbons (Fsp3) is 0.167. The van der Waals surface area contributed by atoms with E-state index in [0.29, 0.717) is 17.8 Å². The van der Waals surface area contributed by atoms with Crippen LogP contribution in [0.2, 0.25) is 0 Å². The largest absolute Gasteiger partial charge is 0.494 e. The molecule has 0 unspecified atom stereocenters. The van der Waals surface area contributed by atoms with Gasteiger partial charge in [0.1, 0.15) is 10.8 Å². The van der Waals surface area contributed by atoms with E-state index in [0.717, 1.165) is 22.3 Å². The molecule has 4 rings (SSSR count). The predicted molar refractivity (Wildman–Crippen MR) is 110 cm³/mol. The fourth-order valence-electron chi connectivity index (χ4n) is 4.24. The molecule has 0 N–H and O–H groups in total. The minimum absolute atomic E-state index is 0.0214. The predicted octanol–water partition coefficient (Wildman–Crippen LogP) is 5.51. The summed E-state index contributed by atoms with van der Waals surface area (Å²) in [6.07, 6.45) is 0. The van der Waals surface area contributed by atoms with Crippen molar-refractivity contribution in [2.24, 2.45) is 5.41 Å². The number of ether oxygens (including phenoxy) is 1. The average molecular weight is 388 g/mol. The number of carbonyl (C=O) groups excluding carboxylic acids is 1. The number of benzene rings is 2. The van der Waals surface area contributed by atoms with Crippen LogP contribution in [0.5, 0.6) is 0 Å². The topological polar surface area (TPSA) is 50.1 Å². The Morgan fingerprint density at radius 3 is 2.11 bits per heavy atom. The first-order valence-corrected chi connectivity index (χ1v) is 9.52. The van der Waals surface area contributed by atoms with E-state index in [9.17, 15) is 10.1 Å². The first-order valence-electron chi connectivity index (χ1n) is 9.14. The van der Waals surface area contributed by atoms with E-state index < -0.39 is 5.41 Å². The molecule has 0 radical (unpaired) electrons. The second-order valence-corrected chi connectivity index (χ2v) is 7.13. The van der Waals surface area contributed by atoms with Crippen LogP contribution in [0.15, 0.2) is 82.6 Å². The van der Waals surface area contributed by atoms with Gasteiger partial charge >= 0.3 is 0 Å². The SMILES string of the molecule is CCOC1=C(Cl)C(=O)C(c2ccccc2)=C2C(C)=C(c3ccccc3)[C@@]12C#N. The molecule has 0 spiro atoms. The standard InChI is InChI=1S/C24H18ClNO2/c1-3-28-23-21(25)22(27)18(16-10-6-4-7-11-16)20-15(2)19(24(20,23)14-26)17-12-8-5-9-13-17/h4-13H,3H2,1-2H3/t24-/m1/s1. The summed E-state index contributed by atoms with van der Waals surface area (Å²) in [5.74, 6) is -0.0630. The van der Waals surface area contributed by atoms with Gasteiger partial charge in [-0.2, -0.15) is 5.26 Å². The molecular weight excluding hydrogens is 370 g/mol. The Kier molecular flexibility index (Phi) is 4.45. The zero-order chi connectivity index (χ0) is 19.9. The van der Waals surface area contributed by atoms with E-state index in [4.69, 9.17) is 16.3 Å². The van der Waals surface area contributed by atoms with Crippen LogP contribution in [0.4, 0.5) is 0 Å². The van der Waals surface area contributed by atoms with Crippen LogP contribution in [0.1, 0.15) is 25.0 Å². The van der Waals surface area contributed by atoms with Gasteiger partial charge in [0.2, 0.25) is 5.78 Å². The normalized spacial score (nSPS) is 21.3. The lowest BCUT2D eigenvalue weighted by atomic mass is 9.54. The molecule has 2 aliphatic carbocycles. The second kappa shape index (κ2) is 6.82. The number of rotatable bonds is 4. The minimum atomic E-state index is -1.18. The molecule has 0 saturated carbocycles. The van der Waals surface area contributed by atoms with Crippen molar-refractivity contribution in [1.29, 1.82) is 5.26 Å². The Morgan fingerprint density at radius 1 is 1.00 bits per heavy atom. The average Bonchev–Trinajstić information content (AvgIpc) is 2.73. The molecule has 1 atom stereocenters. The number of fused-ring (bicyclic) bond motifs is 1. The third kappa shape index (κ3) is 2.32. The van der Waals surface area contributed by atoms with Crippen molar-refractivity contribution in [3.05, 3.63) is 93.7 Å². The molecule has 4 heteroatoms. The molecule has 138 valence electrons. The van der Waals surface area contributed by atoms with Gasteiger partial charge in [-0.1, -0.05) is 72.3 Å². The summed E-state index contributed by atoms with van der Waals surface area (Å²) >= 11 is 6.52. The van der Waals surface area contributed by atoms with Gasteiger partial charge in [0.25, 0.3) is 0 Å². The Balaban J connectivity index is 2.09. The highest BCUT2D eigenvalue weighted by Crippen LogP contribution is 2.64. The Labute approximate surface area is 169 Å². The van der Waals surface area contributed by atoms with Crippen molar-refractivity contribution >= 4 is 28.5 Å². The fourth-order valence-corrected chi connectivity index (χ4v) is 4.53. The van der Waals surface area contributed by atoms with Gasteiger partial charge in [-0.3, -0.25) is 4.79 Å². The lowest BCUT2D eigenvalue weighted by Gasteiger charge is -2.47. The van der Waals surface area contributed by atoms with E-state index >= 15 is 0 Å². The van der Waals surface area contributed by atoms with Gasteiger partial charge in [-0.15, -0.1) is 0 Å². The van der Waals surface area contributed by atoms with Gasteiger partial charge in [0.15, 0.2) is 5.41 Å². The van der Waals surface area contributed by atoms with E-state index in [1.165, 1.54) is 0 Å².